The molecule has 162 valence electrons. The highest BCUT2D eigenvalue weighted by Gasteiger charge is 2.52. The van der Waals surface area contributed by atoms with Gasteiger partial charge in [-0.15, -0.1) is 0 Å². The number of halogens is 1. The maximum atomic E-state index is 11.0. The van der Waals surface area contributed by atoms with Crippen molar-refractivity contribution in [1.29, 1.82) is 0 Å². The van der Waals surface area contributed by atoms with Crippen molar-refractivity contribution in [3.63, 3.8) is 0 Å². The molecule has 2 aliphatic rings. The van der Waals surface area contributed by atoms with Gasteiger partial charge < -0.3 is 5.11 Å². The lowest BCUT2D eigenvalue weighted by Crippen LogP contribution is -2.52. The van der Waals surface area contributed by atoms with Crippen LogP contribution in [0.4, 0.5) is 0 Å². The van der Waals surface area contributed by atoms with E-state index < -0.39 is 0 Å². The summed E-state index contributed by atoms with van der Waals surface area (Å²) in [5.41, 5.74) is 3.38. The summed E-state index contributed by atoms with van der Waals surface area (Å²) in [4.78, 5) is 0. The van der Waals surface area contributed by atoms with Crippen molar-refractivity contribution in [3.05, 3.63) is 45.0 Å². The van der Waals surface area contributed by atoms with Crippen LogP contribution in [-0.2, 0) is 6.42 Å². The second-order valence-electron chi connectivity index (χ2n) is 10.2. The van der Waals surface area contributed by atoms with E-state index in [0.717, 1.165) is 18.8 Å². The van der Waals surface area contributed by atoms with Crippen LogP contribution in [0.25, 0.3) is 0 Å². The molecule has 0 amide bonds. The first kappa shape index (κ1) is 23.3. The smallest absolute Gasteiger partial charge is 0.0577 e. The fraction of sp³-hybridized carbons (Fsp3) is 0.704. The number of fused-ring (bicyclic) bond motifs is 1. The summed E-state index contributed by atoms with van der Waals surface area (Å²) < 4.78 is 1.29. The third-order valence-corrected chi connectivity index (χ3v) is 9.11. The van der Waals surface area contributed by atoms with Crippen LogP contribution >= 0.6 is 22.6 Å². The van der Waals surface area contributed by atoms with Crippen molar-refractivity contribution in [3.8, 4) is 0 Å². The minimum atomic E-state index is -0.149. The number of allylic oxidation sites excluding steroid dienone is 2. The molecular formula is C27H41IO. The summed E-state index contributed by atoms with van der Waals surface area (Å²) in [5, 5.41) is 11.0. The predicted molar refractivity (Wildman–Crippen MR) is 133 cm³/mol. The molecule has 0 unspecified atom stereocenters. The summed E-state index contributed by atoms with van der Waals surface area (Å²) in [5.74, 6) is 2.40. The lowest BCUT2D eigenvalue weighted by atomic mass is 9.49. The van der Waals surface area contributed by atoms with Crippen LogP contribution in [-0.4, -0.2) is 11.2 Å². The molecule has 0 aromatic heterocycles. The summed E-state index contributed by atoms with van der Waals surface area (Å²) in [7, 11) is 0. The van der Waals surface area contributed by atoms with Crippen molar-refractivity contribution < 1.29 is 5.11 Å². The third kappa shape index (κ3) is 5.47. The molecule has 2 fully saturated rings. The minimum Gasteiger partial charge on any atom is -0.393 e. The predicted octanol–water partition coefficient (Wildman–Crippen LogP) is 7.80. The number of benzene rings is 1. The number of aliphatic hydroxyl groups is 1. The molecular weight excluding hydrogens is 467 g/mol. The standard InChI is InChI=1S/C27H41IO/c1-5-6-7-8-9-19(2)22-12-15-25-24(17-21-10-13-23(28)14-11-21)26(29)16-20(3)27(25,4)18-22/h9-11,13-14,20,22,24-26,29H,5-8,12,15-18H2,1-4H3/b19-9-/t20-,22-,24+,25+,26-,27+/m1/s1. The molecule has 1 N–H and O–H groups in total. The topological polar surface area (TPSA) is 20.2 Å². The van der Waals surface area contributed by atoms with Crippen LogP contribution in [0.2, 0.25) is 0 Å². The van der Waals surface area contributed by atoms with E-state index >= 15 is 0 Å². The van der Waals surface area contributed by atoms with E-state index in [1.54, 1.807) is 5.57 Å². The van der Waals surface area contributed by atoms with Crippen LogP contribution in [0.1, 0.15) is 84.6 Å². The molecule has 2 saturated carbocycles. The zero-order chi connectivity index (χ0) is 21.0. The first-order chi connectivity index (χ1) is 13.8. The average molecular weight is 509 g/mol. The summed E-state index contributed by atoms with van der Waals surface area (Å²) >= 11 is 2.37. The van der Waals surface area contributed by atoms with Crippen molar-refractivity contribution in [2.24, 2.45) is 29.1 Å². The van der Waals surface area contributed by atoms with Gasteiger partial charge in [0, 0.05) is 3.57 Å². The van der Waals surface area contributed by atoms with Gasteiger partial charge in [-0.25, -0.2) is 0 Å². The molecule has 0 radical (unpaired) electrons. The Morgan fingerprint density at radius 1 is 1.21 bits per heavy atom. The van der Waals surface area contributed by atoms with Crippen molar-refractivity contribution >= 4 is 22.6 Å². The fourth-order valence-corrected chi connectivity index (χ4v) is 6.65. The summed E-state index contributed by atoms with van der Waals surface area (Å²) in [6.07, 6.45) is 13.5. The van der Waals surface area contributed by atoms with E-state index in [-0.39, 0.29) is 6.10 Å². The first-order valence-corrected chi connectivity index (χ1v) is 13.0. The van der Waals surface area contributed by atoms with Crippen LogP contribution in [0.5, 0.6) is 0 Å². The molecule has 1 aromatic rings. The van der Waals surface area contributed by atoms with Crippen LogP contribution in [0, 0.1) is 32.7 Å². The Morgan fingerprint density at radius 2 is 1.93 bits per heavy atom. The Bertz CT molecular complexity index is 678. The highest BCUT2D eigenvalue weighted by molar-refractivity contribution is 14.1. The first-order valence-electron chi connectivity index (χ1n) is 11.9. The van der Waals surface area contributed by atoms with E-state index in [0.29, 0.717) is 23.2 Å². The molecule has 1 aromatic carbocycles. The maximum Gasteiger partial charge on any atom is 0.0577 e. The molecule has 3 rings (SSSR count). The lowest BCUT2D eigenvalue weighted by molar-refractivity contribution is -0.105. The van der Waals surface area contributed by atoms with Gasteiger partial charge in [-0.3, -0.25) is 0 Å². The van der Waals surface area contributed by atoms with Gasteiger partial charge in [-0.05, 0) is 121 Å². The molecule has 0 spiro atoms. The molecule has 2 aliphatic carbocycles. The molecule has 1 nitrogen and oxygen atoms in total. The van der Waals surface area contributed by atoms with Gasteiger partial charge in [0.25, 0.3) is 0 Å². The normalized spacial score (nSPS) is 35.4. The minimum absolute atomic E-state index is 0.149. The molecule has 29 heavy (non-hydrogen) atoms. The zero-order valence-electron chi connectivity index (χ0n) is 19.0. The molecule has 6 atom stereocenters. The quantitative estimate of drug-likeness (QED) is 0.226. The monoisotopic (exact) mass is 508 g/mol. The van der Waals surface area contributed by atoms with Gasteiger partial charge in [0.15, 0.2) is 0 Å². The highest BCUT2D eigenvalue weighted by Crippen LogP contribution is 2.58. The maximum absolute atomic E-state index is 11.0. The van der Waals surface area contributed by atoms with Gasteiger partial charge in [-0.1, -0.05) is 57.4 Å². The number of hydrogen-bond donors (Lipinski definition) is 1. The number of rotatable bonds is 7. The van der Waals surface area contributed by atoms with Crippen molar-refractivity contribution in [1.82, 2.24) is 0 Å². The fourth-order valence-electron chi connectivity index (χ4n) is 6.29. The Kier molecular flexibility index (Phi) is 8.29. The van der Waals surface area contributed by atoms with Gasteiger partial charge in [0.2, 0.25) is 0 Å². The van der Waals surface area contributed by atoms with Crippen LogP contribution in [0.15, 0.2) is 35.9 Å². The summed E-state index contributed by atoms with van der Waals surface area (Å²) in [6, 6.07) is 8.93. The van der Waals surface area contributed by atoms with Gasteiger partial charge >= 0.3 is 0 Å². The Hall–Kier alpha value is -0.350. The SMILES string of the molecule is CCCCC/C=C(/C)[C@@H]1CC[C@H]2[C@H](Cc3ccc(I)cc3)[C@H](O)C[C@@H](C)[C@]2(C)C1. The summed E-state index contributed by atoms with van der Waals surface area (Å²) in [6.45, 7) is 9.61. The van der Waals surface area contributed by atoms with Crippen molar-refractivity contribution in [2.45, 2.75) is 91.6 Å². The van der Waals surface area contributed by atoms with Gasteiger partial charge in [-0.2, -0.15) is 0 Å². The number of unbranched alkanes of at least 4 members (excludes halogenated alkanes) is 3. The molecule has 0 bridgehead atoms. The largest absolute Gasteiger partial charge is 0.393 e. The van der Waals surface area contributed by atoms with E-state index in [9.17, 15) is 5.11 Å². The van der Waals surface area contributed by atoms with Crippen molar-refractivity contribution in [2.75, 3.05) is 0 Å². The van der Waals surface area contributed by atoms with E-state index in [1.807, 2.05) is 0 Å². The van der Waals surface area contributed by atoms with E-state index in [1.165, 1.54) is 54.1 Å². The van der Waals surface area contributed by atoms with Crippen LogP contribution < -0.4 is 0 Å². The molecule has 0 aliphatic heterocycles. The van der Waals surface area contributed by atoms with E-state index in [4.69, 9.17) is 0 Å². The molecule has 0 saturated heterocycles. The van der Waals surface area contributed by atoms with E-state index in [2.05, 4.69) is 80.6 Å². The second kappa shape index (κ2) is 10.3. The highest BCUT2D eigenvalue weighted by atomic mass is 127. The number of aliphatic hydroxyl groups excluding tert-OH is 1. The second-order valence-corrected chi connectivity index (χ2v) is 11.5. The zero-order valence-corrected chi connectivity index (χ0v) is 21.1. The van der Waals surface area contributed by atoms with Gasteiger partial charge in [0.1, 0.15) is 0 Å². The Balaban J connectivity index is 1.73. The molecule has 2 heteroatoms. The Labute approximate surface area is 192 Å². The van der Waals surface area contributed by atoms with Crippen LogP contribution in [0.3, 0.4) is 0 Å². The third-order valence-electron chi connectivity index (χ3n) is 8.39. The lowest BCUT2D eigenvalue weighted by Gasteiger charge is -2.56. The molecule has 0 heterocycles. The van der Waals surface area contributed by atoms with Gasteiger partial charge in [0.05, 0.1) is 6.10 Å². The Morgan fingerprint density at radius 3 is 2.62 bits per heavy atom. The number of hydrogen-bond acceptors (Lipinski definition) is 1. The average Bonchev–Trinajstić information content (AvgIpc) is 2.70.